The van der Waals surface area contributed by atoms with E-state index in [9.17, 15) is 4.79 Å². The van der Waals surface area contributed by atoms with Gasteiger partial charge in [0.1, 0.15) is 0 Å². The van der Waals surface area contributed by atoms with Crippen LogP contribution in [-0.4, -0.2) is 42.7 Å². The van der Waals surface area contributed by atoms with Gasteiger partial charge in [-0.3, -0.25) is 9.79 Å². The Morgan fingerprint density at radius 2 is 2.18 bits per heavy atom. The van der Waals surface area contributed by atoms with Gasteiger partial charge in [-0.25, -0.2) is 0 Å². The summed E-state index contributed by atoms with van der Waals surface area (Å²) in [6, 6.07) is 0.362. The summed E-state index contributed by atoms with van der Waals surface area (Å²) in [5, 5.41) is 3.34. The summed E-state index contributed by atoms with van der Waals surface area (Å²) >= 11 is 0. The van der Waals surface area contributed by atoms with Crippen molar-refractivity contribution in [2.45, 2.75) is 38.6 Å². The lowest BCUT2D eigenvalue weighted by Crippen LogP contribution is -2.43. The minimum absolute atomic E-state index is 0.220. The number of allylic oxidation sites excluding steroid dienone is 2. The number of hydrogen-bond acceptors (Lipinski definition) is 3. The second kappa shape index (κ2) is 5.45. The monoisotopic (exact) mass is 235 g/mol. The van der Waals surface area contributed by atoms with Gasteiger partial charge in [0, 0.05) is 13.1 Å². The van der Waals surface area contributed by atoms with E-state index in [0.29, 0.717) is 12.5 Å². The number of amides is 1. The summed E-state index contributed by atoms with van der Waals surface area (Å²) < 4.78 is 0. The Morgan fingerprint density at radius 3 is 2.76 bits per heavy atom. The molecule has 2 rings (SSSR count). The number of piperidine rings is 1. The van der Waals surface area contributed by atoms with Gasteiger partial charge in [-0.1, -0.05) is 13.0 Å². The van der Waals surface area contributed by atoms with Gasteiger partial charge in [0.05, 0.1) is 17.8 Å². The molecule has 0 radical (unpaired) electrons. The molecule has 2 aliphatic heterocycles. The lowest BCUT2D eigenvalue weighted by Gasteiger charge is -2.32. The number of nitrogens with one attached hydrogen (secondary N) is 1. The van der Waals surface area contributed by atoms with E-state index in [0.717, 1.165) is 43.8 Å². The lowest BCUT2D eigenvalue weighted by molar-refractivity contribution is -0.128. The van der Waals surface area contributed by atoms with Gasteiger partial charge in [0.2, 0.25) is 5.91 Å². The highest BCUT2D eigenvalue weighted by molar-refractivity contribution is 6.17. The third-order valence-corrected chi connectivity index (χ3v) is 3.48. The molecule has 2 heterocycles. The number of nitrogens with zero attached hydrogens (tertiary/aromatic N) is 2. The molecule has 0 unspecified atom stereocenters. The summed E-state index contributed by atoms with van der Waals surface area (Å²) in [4.78, 5) is 18.4. The average Bonchev–Trinajstić information content (AvgIpc) is 2.67. The smallest absolute Gasteiger partial charge is 0.233 e. The lowest BCUT2D eigenvalue weighted by atomic mass is 10.0. The molecule has 1 amide bonds. The molecular weight excluding hydrogens is 214 g/mol. The summed E-state index contributed by atoms with van der Waals surface area (Å²) in [7, 11) is 1.78. The van der Waals surface area contributed by atoms with Crippen LogP contribution in [-0.2, 0) is 4.79 Å². The van der Waals surface area contributed by atoms with Crippen molar-refractivity contribution in [3.63, 3.8) is 0 Å². The first-order chi connectivity index (χ1) is 8.27. The molecule has 4 heteroatoms. The summed E-state index contributed by atoms with van der Waals surface area (Å²) in [5.74, 6) is 0.220. The van der Waals surface area contributed by atoms with E-state index in [4.69, 9.17) is 0 Å². The first-order valence-electron chi connectivity index (χ1n) is 6.47. The molecule has 1 N–H and O–H groups in total. The molecule has 2 saturated heterocycles. The Balaban J connectivity index is 2.23. The molecule has 0 spiro atoms. The van der Waals surface area contributed by atoms with Crippen LogP contribution in [0.25, 0.3) is 0 Å². The number of carbonyl (C=O) groups is 1. The predicted octanol–water partition coefficient (Wildman–Crippen LogP) is 1.34. The number of rotatable bonds is 2. The first-order valence-corrected chi connectivity index (χ1v) is 6.47. The Hall–Kier alpha value is -1.16. The molecule has 0 aromatic carbocycles. The fraction of sp³-hybridized carbons (Fsp3) is 0.692. The first kappa shape index (κ1) is 12.3. The van der Waals surface area contributed by atoms with Gasteiger partial charge >= 0.3 is 0 Å². The van der Waals surface area contributed by atoms with Crippen LogP contribution in [0.5, 0.6) is 0 Å². The maximum atomic E-state index is 12.1. The summed E-state index contributed by atoms with van der Waals surface area (Å²) in [6.45, 7) is 4.11. The van der Waals surface area contributed by atoms with Gasteiger partial charge < -0.3 is 10.2 Å². The van der Waals surface area contributed by atoms with Crippen molar-refractivity contribution in [2.75, 3.05) is 20.1 Å². The van der Waals surface area contributed by atoms with E-state index in [2.05, 4.69) is 23.3 Å². The highest BCUT2D eigenvalue weighted by Gasteiger charge is 2.36. The molecule has 2 fully saturated rings. The standard InChI is InChI=1S/C13H21N3O/c1-3-4-12-11(14-2)9-13(17)16(12)10-5-7-15-8-6-10/h4,10,15H,3,5-9H2,1-2H3/b12-4+,14-11?. The van der Waals surface area contributed by atoms with Crippen molar-refractivity contribution in [1.82, 2.24) is 10.2 Å². The minimum Gasteiger partial charge on any atom is -0.317 e. The van der Waals surface area contributed by atoms with Crippen molar-refractivity contribution < 1.29 is 4.79 Å². The van der Waals surface area contributed by atoms with Crippen LogP contribution < -0.4 is 5.32 Å². The number of hydrogen-bond donors (Lipinski definition) is 1. The van der Waals surface area contributed by atoms with Crippen LogP contribution in [0.15, 0.2) is 16.8 Å². The van der Waals surface area contributed by atoms with Crippen molar-refractivity contribution >= 4 is 11.6 Å². The van der Waals surface area contributed by atoms with Gasteiger partial charge in [0.15, 0.2) is 0 Å². The Morgan fingerprint density at radius 1 is 1.47 bits per heavy atom. The van der Waals surface area contributed by atoms with Crippen LogP contribution >= 0.6 is 0 Å². The highest BCUT2D eigenvalue weighted by Crippen LogP contribution is 2.27. The van der Waals surface area contributed by atoms with E-state index in [1.165, 1.54) is 0 Å². The van der Waals surface area contributed by atoms with E-state index >= 15 is 0 Å². The average molecular weight is 235 g/mol. The molecule has 0 atom stereocenters. The number of carbonyl (C=O) groups excluding carboxylic acids is 1. The molecule has 2 aliphatic rings. The van der Waals surface area contributed by atoms with Crippen LogP contribution in [0.1, 0.15) is 32.6 Å². The zero-order valence-corrected chi connectivity index (χ0v) is 10.7. The maximum Gasteiger partial charge on any atom is 0.233 e. The zero-order chi connectivity index (χ0) is 12.3. The number of likely N-dealkylation sites (tertiary alicyclic amines) is 1. The van der Waals surface area contributed by atoms with E-state index in [-0.39, 0.29) is 5.91 Å². The molecule has 94 valence electrons. The predicted molar refractivity (Wildman–Crippen MR) is 69.1 cm³/mol. The van der Waals surface area contributed by atoms with E-state index < -0.39 is 0 Å². The van der Waals surface area contributed by atoms with Gasteiger partial charge in [0.25, 0.3) is 0 Å². The summed E-state index contributed by atoms with van der Waals surface area (Å²) in [6.07, 6.45) is 5.65. The van der Waals surface area contributed by atoms with E-state index in [1.807, 2.05) is 4.90 Å². The molecule has 17 heavy (non-hydrogen) atoms. The van der Waals surface area contributed by atoms with Gasteiger partial charge in [-0.05, 0) is 32.4 Å². The quantitative estimate of drug-likeness (QED) is 0.785. The fourth-order valence-electron chi connectivity index (χ4n) is 2.66. The molecule has 0 bridgehead atoms. The molecule has 0 saturated carbocycles. The molecule has 0 aliphatic carbocycles. The largest absolute Gasteiger partial charge is 0.317 e. The molecule has 4 nitrogen and oxygen atoms in total. The highest BCUT2D eigenvalue weighted by atomic mass is 16.2. The normalized spacial score (nSPS) is 27.4. The molecule has 0 aromatic rings. The third kappa shape index (κ3) is 2.41. The van der Waals surface area contributed by atoms with Crippen LogP contribution in [0.2, 0.25) is 0 Å². The SMILES string of the molecule is CC/C=C1\C(=NC)CC(=O)N1C1CCNCC1. The fourth-order valence-corrected chi connectivity index (χ4v) is 2.66. The Kier molecular flexibility index (Phi) is 3.94. The minimum atomic E-state index is 0.220. The topological polar surface area (TPSA) is 44.7 Å². The second-order valence-corrected chi connectivity index (χ2v) is 4.59. The Bertz CT molecular complexity index is 354. The molecule has 0 aromatic heterocycles. The van der Waals surface area contributed by atoms with Crippen molar-refractivity contribution in [3.8, 4) is 0 Å². The summed E-state index contributed by atoms with van der Waals surface area (Å²) in [5.41, 5.74) is 2.02. The van der Waals surface area contributed by atoms with Gasteiger partial charge in [-0.15, -0.1) is 0 Å². The van der Waals surface area contributed by atoms with Crippen molar-refractivity contribution in [2.24, 2.45) is 4.99 Å². The number of aliphatic imine (C=N–C) groups is 1. The van der Waals surface area contributed by atoms with Crippen molar-refractivity contribution in [3.05, 3.63) is 11.8 Å². The Labute approximate surface area is 103 Å². The van der Waals surface area contributed by atoms with E-state index in [1.54, 1.807) is 7.05 Å². The van der Waals surface area contributed by atoms with Crippen LogP contribution in [0.4, 0.5) is 0 Å². The van der Waals surface area contributed by atoms with Crippen LogP contribution in [0.3, 0.4) is 0 Å². The maximum absolute atomic E-state index is 12.1. The molecular formula is C13H21N3O. The van der Waals surface area contributed by atoms with Gasteiger partial charge in [-0.2, -0.15) is 0 Å². The van der Waals surface area contributed by atoms with Crippen molar-refractivity contribution in [1.29, 1.82) is 0 Å². The third-order valence-electron chi connectivity index (χ3n) is 3.48. The second-order valence-electron chi connectivity index (χ2n) is 4.59. The zero-order valence-electron chi connectivity index (χ0n) is 10.7. The van der Waals surface area contributed by atoms with Crippen LogP contribution in [0, 0.1) is 0 Å².